The van der Waals surface area contributed by atoms with Crippen molar-refractivity contribution in [3.63, 3.8) is 0 Å². The summed E-state index contributed by atoms with van der Waals surface area (Å²) < 4.78 is 29.5. The molecule has 6 heteroatoms. The minimum Gasteiger partial charge on any atom is -0.443 e. The lowest BCUT2D eigenvalue weighted by atomic mass is 10.0. The molecule has 1 amide bonds. The number of hydrogen-bond donors (Lipinski definition) is 1. The van der Waals surface area contributed by atoms with Crippen LogP contribution in [-0.4, -0.2) is 32.1 Å². The average Bonchev–Trinajstić information content (AvgIpc) is 3.24. The maximum absolute atomic E-state index is 13.9. The van der Waals surface area contributed by atoms with E-state index >= 15 is 0 Å². The van der Waals surface area contributed by atoms with Gasteiger partial charge >= 0.3 is 6.09 Å². The monoisotopic (exact) mass is 297 g/mol. The molecule has 0 bridgehead atoms. The number of hydrogen-bond acceptors (Lipinski definition) is 4. The Hall–Kier alpha value is -1.66. The number of alkyl carbamates (subject to hydrolysis) is 1. The highest BCUT2D eigenvalue weighted by Crippen LogP contribution is 2.26. The molecule has 0 radical (unpaired) electrons. The van der Waals surface area contributed by atoms with Crippen LogP contribution in [0.25, 0.3) is 0 Å². The summed E-state index contributed by atoms with van der Waals surface area (Å²) in [6.45, 7) is 1.65. The molecule has 1 N–H and O–H groups in total. The van der Waals surface area contributed by atoms with Gasteiger partial charge in [0.2, 0.25) is 0 Å². The van der Waals surface area contributed by atoms with Crippen molar-refractivity contribution in [2.75, 3.05) is 13.9 Å². The smallest absolute Gasteiger partial charge is 0.407 e. The van der Waals surface area contributed by atoms with Gasteiger partial charge in [-0.1, -0.05) is 18.2 Å². The Balaban J connectivity index is 2.03. The normalized spacial score (nSPS) is 17.1. The Morgan fingerprint density at radius 2 is 2.14 bits per heavy atom. The molecule has 1 aromatic rings. The van der Waals surface area contributed by atoms with E-state index in [0.29, 0.717) is 5.56 Å². The molecule has 116 valence electrons. The highest BCUT2D eigenvalue weighted by atomic mass is 19.1. The Labute approximate surface area is 123 Å². The molecule has 0 spiro atoms. The van der Waals surface area contributed by atoms with E-state index in [0.717, 1.165) is 12.8 Å². The Bertz CT molecular complexity index is 478. The summed E-state index contributed by atoms with van der Waals surface area (Å²) in [4.78, 5) is 11.7. The average molecular weight is 297 g/mol. The highest BCUT2D eigenvalue weighted by Gasteiger charge is 2.29. The predicted molar refractivity (Wildman–Crippen MR) is 74.2 cm³/mol. The summed E-state index contributed by atoms with van der Waals surface area (Å²) in [6.07, 6.45) is 0.0695. The number of methoxy groups -OCH3 is 1. The third-order valence-corrected chi connectivity index (χ3v) is 3.20. The number of benzene rings is 1. The number of carbonyl (C=O) groups is 1. The molecule has 2 rings (SSSR count). The van der Waals surface area contributed by atoms with Gasteiger partial charge in [0, 0.05) is 18.7 Å². The summed E-state index contributed by atoms with van der Waals surface area (Å²) >= 11 is 0. The first-order valence-corrected chi connectivity index (χ1v) is 6.94. The fourth-order valence-corrected chi connectivity index (χ4v) is 1.98. The zero-order valence-corrected chi connectivity index (χ0v) is 12.2. The van der Waals surface area contributed by atoms with Gasteiger partial charge < -0.3 is 19.5 Å². The summed E-state index contributed by atoms with van der Waals surface area (Å²) in [5.41, 5.74) is 0.335. The molecule has 0 aliphatic heterocycles. The van der Waals surface area contributed by atoms with Crippen LogP contribution in [0.4, 0.5) is 9.18 Å². The van der Waals surface area contributed by atoms with E-state index in [1.807, 2.05) is 0 Å². The summed E-state index contributed by atoms with van der Waals surface area (Å²) in [5.74, 6) is -0.406. The van der Waals surface area contributed by atoms with Gasteiger partial charge in [0.15, 0.2) is 0 Å². The van der Waals surface area contributed by atoms with Gasteiger partial charge in [-0.2, -0.15) is 0 Å². The van der Waals surface area contributed by atoms with Gasteiger partial charge in [0.1, 0.15) is 24.8 Å². The van der Waals surface area contributed by atoms with Crippen molar-refractivity contribution in [2.45, 2.75) is 38.0 Å². The molecule has 0 aromatic heterocycles. The molecule has 5 nitrogen and oxygen atoms in total. The van der Waals surface area contributed by atoms with Crippen molar-refractivity contribution in [3.05, 3.63) is 35.6 Å². The van der Waals surface area contributed by atoms with Gasteiger partial charge in [-0.15, -0.1) is 0 Å². The van der Waals surface area contributed by atoms with Crippen LogP contribution in [0.3, 0.4) is 0 Å². The second-order valence-electron chi connectivity index (χ2n) is 5.04. The molecule has 1 saturated carbocycles. The van der Waals surface area contributed by atoms with Crippen molar-refractivity contribution in [2.24, 2.45) is 0 Å². The molecule has 2 unspecified atom stereocenters. The van der Waals surface area contributed by atoms with Gasteiger partial charge in [-0.3, -0.25) is 0 Å². The van der Waals surface area contributed by atoms with Gasteiger partial charge in [-0.05, 0) is 25.8 Å². The number of nitrogens with one attached hydrogen (secondary N) is 1. The number of amides is 1. The molecule has 0 saturated heterocycles. The Morgan fingerprint density at radius 3 is 2.76 bits per heavy atom. The van der Waals surface area contributed by atoms with Crippen molar-refractivity contribution < 1.29 is 23.4 Å². The number of ether oxygens (including phenoxy) is 3. The van der Waals surface area contributed by atoms with Crippen LogP contribution in [0.15, 0.2) is 24.3 Å². The second-order valence-corrected chi connectivity index (χ2v) is 5.04. The Kier molecular flexibility index (Phi) is 5.52. The molecule has 1 aliphatic carbocycles. The van der Waals surface area contributed by atoms with E-state index in [-0.39, 0.29) is 12.8 Å². The van der Waals surface area contributed by atoms with Crippen LogP contribution < -0.4 is 5.32 Å². The van der Waals surface area contributed by atoms with E-state index in [1.54, 1.807) is 25.1 Å². The molecule has 1 aromatic carbocycles. The van der Waals surface area contributed by atoms with E-state index in [4.69, 9.17) is 14.2 Å². The summed E-state index contributed by atoms with van der Waals surface area (Å²) in [7, 11) is 1.48. The highest BCUT2D eigenvalue weighted by molar-refractivity contribution is 5.68. The van der Waals surface area contributed by atoms with Crippen LogP contribution >= 0.6 is 0 Å². The first-order chi connectivity index (χ1) is 10.1. The van der Waals surface area contributed by atoms with Gasteiger partial charge in [-0.25, -0.2) is 9.18 Å². The minimum atomic E-state index is -0.726. The first kappa shape index (κ1) is 15.7. The number of carbonyl (C=O) groups excluding carboxylic acids is 1. The molecule has 2 atom stereocenters. The quantitative estimate of drug-likeness (QED) is 0.786. The Morgan fingerprint density at radius 1 is 1.43 bits per heavy atom. The summed E-state index contributed by atoms with van der Waals surface area (Å²) in [5, 5.41) is 2.72. The van der Waals surface area contributed by atoms with E-state index in [9.17, 15) is 9.18 Å². The molecule has 21 heavy (non-hydrogen) atoms. The number of halogens is 1. The van der Waals surface area contributed by atoms with Gasteiger partial charge in [0.05, 0.1) is 0 Å². The topological polar surface area (TPSA) is 56.8 Å². The number of rotatable bonds is 7. The molecular formula is C15H20FNO4. The van der Waals surface area contributed by atoms with Crippen molar-refractivity contribution >= 4 is 6.09 Å². The fraction of sp³-hybridized carbons (Fsp3) is 0.533. The molecular weight excluding hydrogens is 277 g/mol. The van der Waals surface area contributed by atoms with Crippen LogP contribution in [0.2, 0.25) is 0 Å². The molecule has 0 heterocycles. The van der Waals surface area contributed by atoms with E-state index < -0.39 is 24.1 Å². The van der Waals surface area contributed by atoms with E-state index in [1.165, 1.54) is 13.2 Å². The maximum atomic E-state index is 13.9. The van der Waals surface area contributed by atoms with Crippen LogP contribution in [0.1, 0.15) is 31.4 Å². The lowest BCUT2D eigenvalue weighted by Gasteiger charge is -2.25. The SMILES string of the molecule is COCOC(c1ccccc1F)C(C)OC(=O)NC1CC1. The summed E-state index contributed by atoms with van der Waals surface area (Å²) in [6, 6.07) is 6.46. The van der Waals surface area contributed by atoms with Crippen LogP contribution in [0.5, 0.6) is 0 Å². The first-order valence-electron chi connectivity index (χ1n) is 6.94. The maximum Gasteiger partial charge on any atom is 0.407 e. The third-order valence-electron chi connectivity index (χ3n) is 3.20. The van der Waals surface area contributed by atoms with Crippen molar-refractivity contribution in [1.29, 1.82) is 0 Å². The standard InChI is InChI=1S/C15H20FNO4/c1-10(21-15(18)17-11-7-8-11)14(20-9-19-2)12-5-3-4-6-13(12)16/h3-6,10-11,14H,7-9H2,1-2H3,(H,17,18). The lowest BCUT2D eigenvalue weighted by Crippen LogP contribution is -2.33. The van der Waals surface area contributed by atoms with Crippen molar-refractivity contribution in [3.8, 4) is 0 Å². The minimum absolute atomic E-state index is 0.0169. The lowest BCUT2D eigenvalue weighted by molar-refractivity contribution is -0.113. The van der Waals surface area contributed by atoms with Crippen LogP contribution in [0, 0.1) is 5.82 Å². The third kappa shape index (κ3) is 4.68. The van der Waals surface area contributed by atoms with Crippen LogP contribution in [-0.2, 0) is 14.2 Å². The van der Waals surface area contributed by atoms with Gasteiger partial charge in [0.25, 0.3) is 0 Å². The fourth-order valence-electron chi connectivity index (χ4n) is 1.98. The predicted octanol–water partition coefficient (Wildman–Crippen LogP) is 2.76. The zero-order valence-electron chi connectivity index (χ0n) is 12.2. The van der Waals surface area contributed by atoms with E-state index in [2.05, 4.69) is 5.32 Å². The largest absolute Gasteiger partial charge is 0.443 e. The molecule has 1 fully saturated rings. The second kappa shape index (κ2) is 7.38. The van der Waals surface area contributed by atoms with Crippen molar-refractivity contribution in [1.82, 2.24) is 5.32 Å². The molecule has 1 aliphatic rings. The zero-order chi connectivity index (χ0) is 15.2.